The van der Waals surface area contributed by atoms with Crippen LogP contribution in [-0.4, -0.2) is 23.2 Å². The predicted octanol–water partition coefficient (Wildman–Crippen LogP) is 2.08. The van der Waals surface area contributed by atoms with E-state index in [4.69, 9.17) is 4.74 Å². The van der Waals surface area contributed by atoms with Crippen LogP contribution in [0.4, 0.5) is 0 Å². The summed E-state index contributed by atoms with van der Waals surface area (Å²) >= 11 is 0. The molecule has 2 N–H and O–H groups in total. The van der Waals surface area contributed by atoms with Gasteiger partial charge in [0.1, 0.15) is 11.5 Å². The van der Waals surface area contributed by atoms with Gasteiger partial charge in [-0.1, -0.05) is 13.0 Å². The van der Waals surface area contributed by atoms with Crippen molar-refractivity contribution in [2.75, 3.05) is 6.61 Å². The summed E-state index contributed by atoms with van der Waals surface area (Å²) in [5.41, 5.74) is -0.223. The number of amides is 1. The molecule has 0 radical (unpaired) electrons. The topological polar surface area (TPSA) is 58.6 Å². The van der Waals surface area contributed by atoms with Crippen LogP contribution in [0.15, 0.2) is 24.3 Å². The van der Waals surface area contributed by atoms with Crippen LogP contribution in [0.1, 0.15) is 27.2 Å². The van der Waals surface area contributed by atoms with E-state index in [-0.39, 0.29) is 23.8 Å². The Morgan fingerprint density at radius 1 is 1.47 bits per heavy atom. The molecule has 4 heteroatoms. The van der Waals surface area contributed by atoms with Gasteiger partial charge in [0.05, 0.1) is 0 Å². The van der Waals surface area contributed by atoms with Crippen LogP contribution in [0, 0.1) is 0 Å². The van der Waals surface area contributed by atoms with E-state index in [1.165, 1.54) is 6.07 Å². The van der Waals surface area contributed by atoms with Crippen LogP contribution < -0.4 is 10.1 Å². The van der Waals surface area contributed by atoms with E-state index < -0.39 is 0 Å². The highest BCUT2D eigenvalue weighted by atomic mass is 16.5. The second-order valence-corrected chi connectivity index (χ2v) is 4.57. The van der Waals surface area contributed by atoms with E-state index in [9.17, 15) is 9.90 Å². The van der Waals surface area contributed by atoms with Gasteiger partial charge in [-0.3, -0.25) is 4.79 Å². The Hall–Kier alpha value is -1.71. The number of nitrogens with one attached hydrogen (secondary N) is 1. The summed E-state index contributed by atoms with van der Waals surface area (Å²) in [6, 6.07) is 6.38. The lowest BCUT2D eigenvalue weighted by Crippen LogP contribution is -2.44. The van der Waals surface area contributed by atoms with E-state index in [0.29, 0.717) is 5.75 Å². The monoisotopic (exact) mass is 237 g/mol. The summed E-state index contributed by atoms with van der Waals surface area (Å²) in [4.78, 5) is 11.6. The molecule has 0 bridgehead atoms. The van der Waals surface area contributed by atoms with Gasteiger partial charge in [0, 0.05) is 11.6 Å². The van der Waals surface area contributed by atoms with Gasteiger partial charge in [-0.25, -0.2) is 0 Å². The summed E-state index contributed by atoms with van der Waals surface area (Å²) in [5, 5.41) is 12.1. The fraction of sp³-hybridized carbons (Fsp3) is 0.462. The third-order valence-corrected chi connectivity index (χ3v) is 2.55. The molecule has 0 unspecified atom stereocenters. The predicted molar refractivity (Wildman–Crippen MR) is 66.1 cm³/mol. The van der Waals surface area contributed by atoms with Crippen molar-refractivity contribution in [3.8, 4) is 11.5 Å². The lowest BCUT2D eigenvalue weighted by atomic mass is 10.0. The number of phenolic OH excluding ortho intramolecular Hbond substituents is 1. The normalized spacial score (nSPS) is 11.0. The highest BCUT2D eigenvalue weighted by molar-refractivity contribution is 5.78. The van der Waals surface area contributed by atoms with Gasteiger partial charge in [-0.2, -0.15) is 0 Å². The van der Waals surface area contributed by atoms with Gasteiger partial charge >= 0.3 is 0 Å². The average Bonchev–Trinajstić information content (AvgIpc) is 2.26. The molecule has 0 aliphatic heterocycles. The third kappa shape index (κ3) is 4.76. The second-order valence-electron chi connectivity index (χ2n) is 4.57. The Labute approximate surface area is 102 Å². The molecular formula is C13H19NO3. The largest absolute Gasteiger partial charge is 0.508 e. The molecule has 1 amide bonds. The van der Waals surface area contributed by atoms with Crippen molar-refractivity contribution < 1.29 is 14.6 Å². The van der Waals surface area contributed by atoms with Gasteiger partial charge in [-0.15, -0.1) is 0 Å². The van der Waals surface area contributed by atoms with Crippen LogP contribution in [-0.2, 0) is 4.79 Å². The summed E-state index contributed by atoms with van der Waals surface area (Å²) in [6.07, 6.45) is 0.852. The van der Waals surface area contributed by atoms with E-state index in [2.05, 4.69) is 5.32 Å². The molecule has 0 saturated heterocycles. The summed E-state index contributed by atoms with van der Waals surface area (Å²) in [5.74, 6) is 0.437. The Morgan fingerprint density at radius 2 is 2.18 bits per heavy atom. The van der Waals surface area contributed by atoms with Crippen LogP contribution >= 0.6 is 0 Å². The quantitative estimate of drug-likeness (QED) is 0.824. The van der Waals surface area contributed by atoms with Crippen molar-refractivity contribution in [2.45, 2.75) is 32.7 Å². The molecule has 1 aromatic carbocycles. The average molecular weight is 237 g/mol. The van der Waals surface area contributed by atoms with Gasteiger partial charge in [-0.05, 0) is 32.4 Å². The number of benzene rings is 1. The smallest absolute Gasteiger partial charge is 0.258 e. The first-order chi connectivity index (χ1) is 7.93. The molecule has 1 aromatic rings. The maximum atomic E-state index is 11.6. The third-order valence-electron chi connectivity index (χ3n) is 2.55. The Bertz CT molecular complexity index is 388. The lowest BCUT2D eigenvalue weighted by molar-refractivity contribution is -0.124. The number of hydrogen-bond donors (Lipinski definition) is 2. The number of carbonyl (C=O) groups is 1. The number of rotatable bonds is 5. The minimum Gasteiger partial charge on any atom is -0.508 e. The molecule has 0 atom stereocenters. The highest BCUT2D eigenvalue weighted by Crippen LogP contribution is 2.17. The molecule has 0 aliphatic rings. The van der Waals surface area contributed by atoms with E-state index in [0.717, 1.165) is 6.42 Å². The number of hydrogen-bond acceptors (Lipinski definition) is 3. The Balaban J connectivity index is 2.44. The standard InChI is InChI=1S/C13H19NO3/c1-4-13(2,3)14-12(16)9-17-11-7-5-6-10(15)8-11/h5-8,15H,4,9H2,1-3H3,(H,14,16). The summed E-state index contributed by atoms with van der Waals surface area (Å²) in [6.45, 7) is 5.88. The molecule has 0 aromatic heterocycles. The van der Waals surface area contributed by atoms with Crippen molar-refractivity contribution in [1.29, 1.82) is 0 Å². The fourth-order valence-electron chi connectivity index (χ4n) is 1.22. The first-order valence-corrected chi connectivity index (χ1v) is 5.66. The lowest BCUT2D eigenvalue weighted by Gasteiger charge is -2.24. The molecule has 0 spiro atoms. The van der Waals surface area contributed by atoms with Crippen molar-refractivity contribution in [2.24, 2.45) is 0 Å². The number of carbonyl (C=O) groups excluding carboxylic acids is 1. The number of aromatic hydroxyl groups is 1. The molecule has 0 heterocycles. The summed E-state index contributed by atoms with van der Waals surface area (Å²) in [7, 11) is 0. The van der Waals surface area contributed by atoms with E-state index in [1.807, 2.05) is 20.8 Å². The van der Waals surface area contributed by atoms with Crippen LogP contribution in [0.2, 0.25) is 0 Å². The molecule has 0 saturated carbocycles. The van der Waals surface area contributed by atoms with Gasteiger partial charge in [0.25, 0.3) is 5.91 Å². The van der Waals surface area contributed by atoms with Gasteiger partial charge < -0.3 is 15.2 Å². The van der Waals surface area contributed by atoms with E-state index in [1.54, 1.807) is 18.2 Å². The molecule has 17 heavy (non-hydrogen) atoms. The zero-order chi connectivity index (χ0) is 12.9. The first-order valence-electron chi connectivity index (χ1n) is 5.66. The van der Waals surface area contributed by atoms with Crippen molar-refractivity contribution in [3.05, 3.63) is 24.3 Å². The van der Waals surface area contributed by atoms with E-state index >= 15 is 0 Å². The minimum atomic E-state index is -0.223. The molecular weight excluding hydrogens is 218 g/mol. The molecule has 0 aliphatic carbocycles. The molecule has 0 fully saturated rings. The zero-order valence-electron chi connectivity index (χ0n) is 10.5. The van der Waals surface area contributed by atoms with Crippen LogP contribution in [0.5, 0.6) is 11.5 Å². The van der Waals surface area contributed by atoms with Crippen LogP contribution in [0.25, 0.3) is 0 Å². The summed E-state index contributed by atoms with van der Waals surface area (Å²) < 4.78 is 5.27. The maximum Gasteiger partial charge on any atom is 0.258 e. The number of phenols is 1. The molecule has 1 rings (SSSR count). The SMILES string of the molecule is CCC(C)(C)NC(=O)COc1cccc(O)c1. The minimum absolute atomic E-state index is 0.0487. The fourth-order valence-corrected chi connectivity index (χ4v) is 1.22. The maximum absolute atomic E-state index is 11.6. The molecule has 4 nitrogen and oxygen atoms in total. The molecule has 94 valence electrons. The van der Waals surface area contributed by atoms with Crippen molar-refractivity contribution >= 4 is 5.91 Å². The number of ether oxygens (including phenoxy) is 1. The second kappa shape index (κ2) is 5.57. The van der Waals surface area contributed by atoms with Gasteiger partial charge in [0.15, 0.2) is 6.61 Å². The highest BCUT2D eigenvalue weighted by Gasteiger charge is 2.17. The van der Waals surface area contributed by atoms with Crippen molar-refractivity contribution in [3.63, 3.8) is 0 Å². The zero-order valence-corrected chi connectivity index (χ0v) is 10.5. The van der Waals surface area contributed by atoms with Crippen molar-refractivity contribution in [1.82, 2.24) is 5.32 Å². The first kappa shape index (κ1) is 13.4. The van der Waals surface area contributed by atoms with Crippen LogP contribution in [0.3, 0.4) is 0 Å². The Morgan fingerprint density at radius 3 is 2.76 bits per heavy atom. The van der Waals surface area contributed by atoms with Gasteiger partial charge in [0.2, 0.25) is 0 Å². The Kier molecular flexibility index (Phi) is 4.37.